The van der Waals surface area contributed by atoms with E-state index >= 15 is 0 Å². The fourth-order valence-electron chi connectivity index (χ4n) is 1.30. The Morgan fingerprint density at radius 1 is 1.05 bits per heavy atom. The van der Waals surface area contributed by atoms with Gasteiger partial charge >= 0.3 is 5.97 Å². The van der Waals surface area contributed by atoms with Gasteiger partial charge < -0.3 is 15.4 Å². The second-order valence-electron chi connectivity index (χ2n) is 4.28. The van der Waals surface area contributed by atoms with Gasteiger partial charge in [-0.25, -0.2) is 0 Å². The lowest BCUT2D eigenvalue weighted by Crippen LogP contribution is -2.35. The highest BCUT2D eigenvalue weighted by Crippen LogP contribution is 1.93. The lowest BCUT2D eigenvalue weighted by molar-refractivity contribution is -0.144. The molecule has 0 saturated carbocycles. The van der Waals surface area contributed by atoms with Crippen molar-refractivity contribution in [3.05, 3.63) is 0 Å². The largest absolute Gasteiger partial charge is 0.466 e. The molecule has 0 aliphatic rings. The van der Waals surface area contributed by atoms with Gasteiger partial charge in [-0.1, -0.05) is 6.92 Å². The summed E-state index contributed by atoms with van der Waals surface area (Å²) in [6.45, 7) is 6.23. The van der Waals surface area contributed by atoms with Crippen LogP contribution in [-0.4, -0.2) is 37.0 Å². The highest BCUT2D eigenvalue weighted by molar-refractivity contribution is 5.82. The Bertz CT molecular complexity index is 305. The van der Waals surface area contributed by atoms with Crippen LogP contribution in [0.1, 0.15) is 46.5 Å². The van der Waals surface area contributed by atoms with Crippen molar-refractivity contribution < 1.29 is 19.1 Å². The molecule has 1 unspecified atom stereocenters. The molecule has 0 aromatic rings. The van der Waals surface area contributed by atoms with Crippen molar-refractivity contribution in [2.45, 2.75) is 52.5 Å². The van der Waals surface area contributed by atoms with Gasteiger partial charge in [0.25, 0.3) is 0 Å². The third kappa shape index (κ3) is 10.1. The average molecular weight is 272 g/mol. The van der Waals surface area contributed by atoms with Crippen molar-refractivity contribution in [2.24, 2.45) is 0 Å². The first kappa shape index (κ1) is 17.4. The summed E-state index contributed by atoms with van der Waals surface area (Å²) in [5, 5.41) is 5.40. The number of carbonyl (C=O) groups is 3. The molecule has 0 aliphatic carbocycles. The molecule has 0 bridgehead atoms. The van der Waals surface area contributed by atoms with Crippen molar-refractivity contribution >= 4 is 17.8 Å². The molecule has 0 rings (SSSR count). The zero-order valence-corrected chi connectivity index (χ0v) is 12.0. The fraction of sp³-hybridized carbons (Fsp3) is 0.769. The molecule has 0 radical (unpaired) electrons. The monoisotopic (exact) mass is 272 g/mol. The van der Waals surface area contributed by atoms with Crippen LogP contribution in [0, 0.1) is 0 Å². The predicted octanol–water partition coefficient (Wildman–Crippen LogP) is 0.751. The number of rotatable bonds is 9. The first-order valence-electron chi connectivity index (χ1n) is 6.71. The zero-order chi connectivity index (χ0) is 14.7. The molecule has 19 heavy (non-hydrogen) atoms. The number of hydrogen-bond donors (Lipinski definition) is 2. The molecule has 0 spiro atoms. The van der Waals surface area contributed by atoms with Crippen molar-refractivity contribution in [3.8, 4) is 0 Å². The van der Waals surface area contributed by atoms with E-state index in [1.54, 1.807) is 6.92 Å². The molecule has 0 aromatic heterocycles. The van der Waals surface area contributed by atoms with Gasteiger partial charge in [-0.15, -0.1) is 0 Å². The second-order valence-corrected chi connectivity index (χ2v) is 4.28. The number of ether oxygens (including phenoxy) is 1. The molecular weight excluding hydrogens is 248 g/mol. The minimum atomic E-state index is -0.382. The van der Waals surface area contributed by atoms with E-state index in [4.69, 9.17) is 4.74 Å². The molecule has 1 atom stereocenters. The van der Waals surface area contributed by atoms with Crippen LogP contribution in [0.3, 0.4) is 0 Å². The van der Waals surface area contributed by atoms with Crippen LogP contribution in [0.4, 0.5) is 0 Å². The highest BCUT2D eigenvalue weighted by atomic mass is 16.5. The minimum Gasteiger partial charge on any atom is -0.466 e. The Labute approximate surface area is 114 Å². The Morgan fingerprint density at radius 2 is 1.74 bits per heavy atom. The first-order chi connectivity index (χ1) is 8.99. The van der Waals surface area contributed by atoms with Crippen LogP contribution in [0.25, 0.3) is 0 Å². The standard InChI is InChI=1S/C13H24N2O4/c1-4-10(3)15-12(17)8-9-14-11(16)6-7-13(18)19-5-2/h10H,4-9H2,1-3H3,(H,14,16)(H,15,17). The maximum atomic E-state index is 11.4. The molecule has 110 valence electrons. The van der Waals surface area contributed by atoms with E-state index in [2.05, 4.69) is 10.6 Å². The molecule has 0 aliphatic heterocycles. The van der Waals surface area contributed by atoms with Gasteiger partial charge in [-0.2, -0.15) is 0 Å². The number of nitrogens with one attached hydrogen (secondary N) is 2. The van der Waals surface area contributed by atoms with Gasteiger partial charge in [0.15, 0.2) is 0 Å². The molecular formula is C13H24N2O4. The molecule has 0 aromatic carbocycles. The summed E-state index contributed by atoms with van der Waals surface area (Å²) in [5.41, 5.74) is 0. The second kappa shape index (κ2) is 10.3. The van der Waals surface area contributed by atoms with Crippen LogP contribution in [0.15, 0.2) is 0 Å². The number of amides is 2. The van der Waals surface area contributed by atoms with E-state index in [1.165, 1.54) is 0 Å². The van der Waals surface area contributed by atoms with Gasteiger partial charge in [0.1, 0.15) is 0 Å². The van der Waals surface area contributed by atoms with Crippen molar-refractivity contribution in [1.29, 1.82) is 0 Å². The molecule has 6 heteroatoms. The van der Waals surface area contributed by atoms with E-state index in [0.717, 1.165) is 6.42 Å². The first-order valence-corrected chi connectivity index (χ1v) is 6.71. The molecule has 0 fully saturated rings. The van der Waals surface area contributed by atoms with E-state index < -0.39 is 0 Å². The van der Waals surface area contributed by atoms with E-state index in [9.17, 15) is 14.4 Å². The van der Waals surface area contributed by atoms with Crippen molar-refractivity contribution in [2.75, 3.05) is 13.2 Å². The number of esters is 1. The topological polar surface area (TPSA) is 84.5 Å². The summed E-state index contributed by atoms with van der Waals surface area (Å²) in [4.78, 5) is 33.8. The van der Waals surface area contributed by atoms with Gasteiger partial charge in [0, 0.05) is 25.4 Å². The summed E-state index contributed by atoms with van der Waals surface area (Å²) in [6, 6.07) is 0.145. The fourth-order valence-corrected chi connectivity index (χ4v) is 1.30. The smallest absolute Gasteiger partial charge is 0.306 e. The predicted molar refractivity (Wildman–Crippen MR) is 71.4 cm³/mol. The van der Waals surface area contributed by atoms with Crippen molar-refractivity contribution in [1.82, 2.24) is 10.6 Å². The summed E-state index contributed by atoms with van der Waals surface area (Å²) >= 11 is 0. The lowest BCUT2D eigenvalue weighted by Gasteiger charge is -2.11. The Hall–Kier alpha value is -1.59. The summed E-state index contributed by atoms with van der Waals surface area (Å²) in [5.74, 6) is -0.711. The molecule has 0 saturated heterocycles. The van der Waals surface area contributed by atoms with E-state index in [0.29, 0.717) is 6.61 Å². The summed E-state index contributed by atoms with van der Waals surface area (Å²) < 4.78 is 4.71. The number of carbonyl (C=O) groups excluding carboxylic acids is 3. The molecule has 0 heterocycles. The van der Waals surface area contributed by atoms with Crippen molar-refractivity contribution in [3.63, 3.8) is 0 Å². The van der Waals surface area contributed by atoms with Crippen LogP contribution >= 0.6 is 0 Å². The van der Waals surface area contributed by atoms with Gasteiger partial charge in [-0.3, -0.25) is 14.4 Å². The average Bonchev–Trinajstić information content (AvgIpc) is 2.36. The van der Waals surface area contributed by atoms with Gasteiger partial charge in [-0.05, 0) is 20.3 Å². The zero-order valence-electron chi connectivity index (χ0n) is 12.0. The molecule has 2 amide bonds. The third-order valence-corrected chi connectivity index (χ3v) is 2.56. The molecule has 6 nitrogen and oxygen atoms in total. The minimum absolute atomic E-state index is 0.0682. The summed E-state index contributed by atoms with van der Waals surface area (Å²) in [7, 11) is 0. The van der Waals surface area contributed by atoms with Crippen LogP contribution < -0.4 is 10.6 Å². The maximum Gasteiger partial charge on any atom is 0.306 e. The van der Waals surface area contributed by atoms with Crippen LogP contribution in [0.2, 0.25) is 0 Å². The van der Waals surface area contributed by atoms with E-state index in [1.807, 2.05) is 13.8 Å². The highest BCUT2D eigenvalue weighted by Gasteiger charge is 2.09. The summed E-state index contributed by atoms with van der Waals surface area (Å²) in [6.07, 6.45) is 1.28. The Morgan fingerprint density at radius 3 is 2.32 bits per heavy atom. The van der Waals surface area contributed by atoms with Gasteiger partial charge in [0.05, 0.1) is 13.0 Å². The Kier molecular flexibility index (Phi) is 9.48. The van der Waals surface area contributed by atoms with E-state index in [-0.39, 0.29) is 49.6 Å². The van der Waals surface area contributed by atoms with Crippen LogP contribution in [0.5, 0.6) is 0 Å². The normalized spacial score (nSPS) is 11.5. The molecule has 2 N–H and O–H groups in total. The maximum absolute atomic E-state index is 11.4. The Balaban J connectivity index is 3.63. The number of hydrogen-bond acceptors (Lipinski definition) is 4. The SMILES string of the molecule is CCOC(=O)CCC(=O)NCCC(=O)NC(C)CC. The lowest BCUT2D eigenvalue weighted by atomic mass is 10.2. The van der Waals surface area contributed by atoms with Crippen LogP contribution in [-0.2, 0) is 19.1 Å². The third-order valence-electron chi connectivity index (χ3n) is 2.56. The van der Waals surface area contributed by atoms with Gasteiger partial charge in [0.2, 0.25) is 11.8 Å². The quantitative estimate of drug-likeness (QED) is 0.607.